The Bertz CT molecular complexity index is 552. The Morgan fingerprint density at radius 3 is 3.00 bits per heavy atom. The first-order chi connectivity index (χ1) is 8.11. The quantitative estimate of drug-likeness (QED) is 0.839. The van der Waals surface area contributed by atoms with Gasteiger partial charge in [0.05, 0.1) is 0 Å². The molecule has 1 atom stereocenters. The van der Waals surface area contributed by atoms with Crippen molar-refractivity contribution in [3.63, 3.8) is 0 Å². The summed E-state index contributed by atoms with van der Waals surface area (Å²) in [7, 11) is 0. The molecule has 0 amide bonds. The van der Waals surface area contributed by atoms with E-state index >= 15 is 0 Å². The maximum atomic E-state index is 13.2. The first-order valence-corrected chi connectivity index (χ1v) is 6.21. The molecule has 0 aliphatic rings. The zero-order valence-corrected chi connectivity index (χ0v) is 11.2. The summed E-state index contributed by atoms with van der Waals surface area (Å²) in [5.41, 5.74) is 1.83. The van der Waals surface area contributed by atoms with E-state index in [1.165, 1.54) is 12.1 Å². The molecule has 0 bridgehead atoms. The predicted octanol–water partition coefficient (Wildman–Crippen LogP) is 1.48. The van der Waals surface area contributed by atoms with Gasteiger partial charge in [-0.05, 0) is 0 Å². The number of Topliss-reactive ketones (excluding diaryl/α,β-unsaturated/α-hetero) is 1. The average molecular weight is 294 g/mol. The van der Waals surface area contributed by atoms with Gasteiger partial charge in [0.15, 0.2) is 0 Å². The number of aromatic amines is 1. The SMILES string of the molecule is CC(=O)C(Cc1c[nH]c2ccc(F)cc12)N[As]. The molecule has 2 aromatic rings. The van der Waals surface area contributed by atoms with Crippen molar-refractivity contribution < 1.29 is 9.18 Å². The normalized spacial score (nSPS) is 12.9. The Morgan fingerprint density at radius 1 is 1.59 bits per heavy atom. The standard InChI is InChI=1S/C12H12AsFN2O/c1-7(17)12(16-13)4-8-6-15-11-3-2-9(14)5-10(8)11/h2-3,5-6,12,15-16H,4H2,1H3. The van der Waals surface area contributed by atoms with E-state index in [4.69, 9.17) is 0 Å². The van der Waals surface area contributed by atoms with Gasteiger partial charge < -0.3 is 0 Å². The third kappa shape index (κ3) is 2.59. The Balaban J connectivity index is 2.35. The number of benzene rings is 1. The maximum absolute atomic E-state index is 13.2. The molecule has 5 heteroatoms. The molecule has 1 unspecified atom stereocenters. The Kier molecular flexibility index (Phi) is 3.65. The summed E-state index contributed by atoms with van der Waals surface area (Å²) in [4.78, 5) is 14.4. The molecule has 1 aromatic heterocycles. The van der Waals surface area contributed by atoms with Crippen LogP contribution in [0.4, 0.5) is 4.39 Å². The van der Waals surface area contributed by atoms with Gasteiger partial charge in [-0.3, -0.25) is 0 Å². The molecule has 0 saturated heterocycles. The molecule has 1 heterocycles. The number of nitrogens with one attached hydrogen (secondary N) is 2. The van der Waals surface area contributed by atoms with Crippen LogP contribution in [0.3, 0.4) is 0 Å². The van der Waals surface area contributed by atoms with Crippen molar-refractivity contribution in [3.8, 4) is 0 Å². The van der Waals surface area contributed by atoms with Gasteiger partial charge in [0, 0.05) is 0 Å². The molecule has 2 radical (unpaired) electrons. The minimum absolute atomic E-state index is 0.0661. The van der Waals surface area contributed by atoms with Crippen LogP contribution in [0.15, 0.2) is 24.4 Å². The summed E-state index contributed by atoms with van der Waals surface area (Å²) >= 11 is 2.20. The summed E-state index contributed by atoms with van der Waals surface area (Å²) in [6.07, 6.45) is 2.37. The number of carbonyl (C=O) groups is 1. The van der Waals surface area contributed by atoms with E-state index in [1.807, 2.05) is 6.20 Å². The van der Waals surface area contributed by atoms with E-state index in [2.05, 4.69) is 26.3 Å². The van der Waals surface area contributed by atoms with E-state index in [-0.39, 0.29) is 17.6 Å². The molecule has 2 N–H and O–H groups in total. The van der Waals surface area contributed by atoms with Crippen molar-refractivity contribution in [1.29, 1.82) is 0 Å². The number of halogens is 1. The Morgan fingerprint density at radius 2 is 2.35 bits per heavy atom. The first kappa shape index (κ1) is 12.3. The molecule has 0 spiro atoms. The van der Waals surface area contributed by atoms with Crippen LogP contribution in [0, 0.1) is 5.82 Å². The summed E-state index contributed by atoms with van der Waals surface area (Å²) < 4.78 is 16.1. The van der Waals surface area contributed by atoms with E-state index in [0.29, 0.717) is 6.42 Å². The Hall–Kier alpha value is -1.12. The van der Waals surface area contributed by atoms with Gasteiger partial charge in [0.2, 0.25) is 0 Å². The minimum atomic E-state index is -0.266. The molecule has 88 valence electrons. The van der Waals surface area contributed by atoms with Crippen molar-refractivity contribution in [2.75, 3.05) is 0 Å². The van der Waals surface area contributed by atoms with Crippen LogP contribution < -0.4 is 4.23 Å². The number of H-pyrrole nitrogens is 1. The van der Waals surface area contributed by atoms with Gasteiger partial charge in [-0.25, -0.2) is 0 Å². The van der Waals surface area contributed by atoms with Crippen molar-refractivity contribution >= 4 is 33.8 Å². The van der Waals surface area contributed by atoms with Crippen LogP contribution in [0.25, 0.3) is 10.9 Å². The topological polar surface area (TPSA) is 44.9 Å². The van der Waals surface area contributed by atoms with Crippen LogP contribution in [0.1, 0.15) is 12.5 Å². The number of aromatic nitrogens is 1. The van der Waals surface area contributed by atoms with Crippen molar-refractivity contribution in [2.45, 2.75) is 19.4 Å². The summed E-state index contributed by atoms with van der Waals surface area (Å²) in [6.45, 7) is 1.54. The monoisotopic (exact) mass is 294 g/mol. The molecular formula is C12H12AsFN2O. The molecule has 0 saturated carbocycles. The predicted molar refractivity (Wildman–Crippen MR) is 65.3 cm³/mol. The number of fused-ring (bicyclic) bond motifs is 1. The molecule has 1 aromatic carbocycles. The van der Waals surface area contributed by atoms with Gasteiger partial charge in [0.25, 0.3) is 0 Å². The molecule has 0 aliphatic carbocycles. The van der Waals surface area contributed by atoms with Gasteiger partial charge in [-0.1, -0.05) is 0 Å². The first-order valence-electron chi connectivity index (χ1n) is 5.27. The second-order valence-electron chi connectivity index (χ2n) is 4.00. The van der Waals surface area contributed by atoms with Crippen LogP contribution >= 0.6 is 0 Å². The third-order valence-electron chi connectivity index (χ3n) is 2.80. The fourth-order valence-electron chi connectivity index (χ4n) is 1.82. The summed E-state index contributed by atoms with van der Waals surface area (Å²) in [5, 5.41) is 0.832. The van der Waals surface area contributed by atoms with Crippen LogP contribution in [0.2, 0.25) is 0 Å². The second-order valence-corrected chi connectivity index (χ2v) is 4.54. The number of carbonyl (C=O) groups excluding carboxylic acids is 1. The summed E-state index contributed by atoms with van der Waals surface area (Å²) in [6, 6.07) is 4.35. The van der Waals surface area contributed by atoms with E-state index in [0.717, 1.165) is 16.5 Å². The van der Waals surface area contributed by atoms with E-state index in [1.54, 1.807) is 13.0 Å². The van der Waals surface area contributed by atoms with Gasteiger partial charge >= 0.3 is 107 Å². The van der Waals surface area contributed by atoms with Crippen molar-refractivity contribution in [1.82, 2.24) is 9.22 Å². The third-order valence-corrected chi connectivity index (χ3v) is 3.45. The fourth-order valence-corrected chi connectivity index (χ4v) is 2.39. The average Bonchev–Trinajstić information content (AvgIpc) is 2.68. The molecule has 3 nitrogen and oxygen atoms in total. The Labute approximate surface area is 108 Å². The molecule has 2 rings (SSSR count). The molecular weight excluding hydrogens is 282 g/mol. The summed E-state index contributed by atoms with van der Waals surface area (Å²) in [5.74, 6) is -0.200. The van der Waals surface area contributed by atoms with Crippen LogP contribution in [-0.2, 0) is 11.2 Å². The van der Waals surface area contributed by atoms with Crippen molar-refractivity contribution in [2.24, 2.45) is 0 Å². The second kappa shape index (κ2) is 5.03. The number of hydrogen-bond acceptors (Lipinski definition) is 2. The van der Waals surface area contributed by atoms with Crippen LogP contribution in [-0.4, -0.2) is 33.9 Å². The zero-order valence-electron chi connectivity index (χ0n) is 9.33. The number of rotatable bonds is 4. The molecule has 0 aliphatic heterocycles. The van der Waals surface area contributed by atoms with Gasteiger partial charge in [-0.15, -0.1) is 0 Å². The van der Waals surface area contributed by atoms with Crippen LogP contribution in [0.5, 0.6) is 0 Å². The number of ketones is 1. The molecule has 17 heavy (non-hydrogen) atoms. The van der Waals surface area contributed by atoms with E-state index in [9.17, 15) is 9.18 Å². The zero-order chi connectivity index (χ0) is 12.4. The molecule has 0 fully saturated rings. The van der Waals surface area contributed by atoms with Gasteiger partial charge in [-0.2, -0.15) is 0 Å². The fraction of sp³-hybridized carbons (Fsp3) is 0.250. The number of hydrogen-bond donors (Lipinski definition) is 2. The van der Waals surface area contributed by atoms with E-state index < -0.39 is 0 Å². The van der Waals surface area contributed by atoms with Crippen molar-refractivity contribution in [3.05, 3.63) is 35.8 Å². The van der Waals surface area contributed by atoms with Gasteiger partial charge in [0.1, 0.15) is 0 Å².